The molecule has 128 valence electrons. The van der Waals surface area contributed by atoms with Crippen LogP contribution < -0.4 is 18.9 Å². The van der Waals surface area contributed by atoms with Crippen LogP contribution in [0.25, 0.3) is 10.8 Å². The van der Waals surface area contributed by atoms with E-state index < -0.39 is 12.3 Å². The van der Waals surface area contributed by atoms with Crippen LogP contribution >= 0.6 is 0 Å². The minimum Gasteiger partial charge on any atom is -0.490 e. The van der Waals surface area contributed by atoms with E-state index in [1.165, 1.54) is 28.4 Å². The molecule has 2 aromatic carbocycles. The van der Waals surface area contributed by atoms with Crippen molar-refractivity contribution in [2.45, 2.75) is 0 Å². The van der Waals surface area contributed by atoms with Crippen LogP contribution in [0.4, 0.5) is 9.59 Å². The van der Waals surface area contributed by atoms with Gasteiger partial charge < -0.3 is 28.4 Å². The molecule has 0 aliphatic rings. The molecule has 2 aromatic rings. The van der Waals surface area contributed by atoms with Crippen molar-refractivity contribution in [2.75, 3.05) is 28.4 Å². The van der Waals surface area contributed by atoms with E-state index in [9.17, 15) is 9.59 Å². The second-order valence-corrected chi connectivity index (χ2v) is 4.38. The normalized spacial score (nSPS) is 10.0. The maximum atomic E-state index is 11.6. The van der Waals surface area contributed by atoms with Crippen molar-refractivity contribution in [3.8, 4) is 23.0 Å². The Bertz CT molecular complexity index is 704. The van der Waals surface area contributed by atoms with Gasteiger partial charge in [0, 0.05) is 10.8 Å². The number of benzene rings is 2. The summed E-state index contributed by atoms with van der Waals surface area (Å²) in [4.78, 5) is 23.1. The molecule has 0 unspecified atom stereocenters. The molecule has 8 nitrogen and oxygen atoms in total. The van der Waals surface area contributed by atoms with E-state index in [1.54, 1.807) is 24.3 Å². The molecule has 0 spiro atoms. The average Bonchev–Trinajstić information content (AvgIpc) is 2.62. The van der Waals surface area contributed by atoms with E-state index in [0.717, 1.165) is 0 Å². The smallest absolute Gasteiger partial charge is 0.490 e. The second kappa shape index (κ2) is 7.40. The topological polar surface area (TPSA) is 89.5 Å². The Hall–Kier alpha value is -3.16. The Morgan fingerprint density at radius 3 is 1.33 bits per heavy atom. The molecule has 0 atom stereocenters. The summed E-state index contributed by atoms with van der Waals surface area (Å²) in [5.41, 5.74) is 0. The standard InChI is InChI=1S/C16H16O8/c1-19-13-11(23-15(17)21-3)9-7-5-6-8-10(9)12(14(13)20-2)24-16(18)22-4/h5-8H,1-4H3. The van der Waals surface area contributed by atoms with Crippen LogP contribution in [0.5, 0.6) is 23.0 Å². The van der Waals surface area contributed by atoms with Crippen LogP contribution in [0.1, 0.15) is 0 Å². The molecule has 0 fully saturated rings. The summed E-state index contributed by atoms with van der Waals surface area (Å²) < 4.78 is 30.0. The summed E-state index contributed by atoms with van der Waals surface area (Å²) in [6, 6.07) is 6.78. The van der Waals surface area contributed by atoms with Crippen molar-refractivity contribution in [1.82, 2.24) is 0 Å². The first-order chi connectivity index (χ1) is 11.6. The fourth-order valence-electron chi connectivity index (χ4n) is 2.15. The lowest BCUT2D eigenvalue weighted by Crippen LogP contribution is -2.12. The number of hydrogen-bond acceptors (Lipinski definition) is 8. The van der Waals surface area contributed by atoms with Crippen molar-refractivity contribution in [3.63, 3.8) is 0 Å². The average molecular weight is 336 g/mol. The molecule has 0 aliphatic heterocycles. The van der Waals surface area contributed by atoms with E-state index in [4.69, 9.17) is 18.9 Å². The fraction of sp³-hybridized carbons (Fsp3) is 0.250. The lowest BCUT2D eigenvalue weighted by atomic mass is 10.1. The third-order valence-electron chi connectivity index (χ3n) is 3.15. The zero-order chi connectivity index (χ0) is 17.7. The summed E-state index contributed by atoms with van der Waals surface area (Å²) >= 11 is 0. The fourth-order valence-corrected chi connectivity index (χ4v) is 2.15. The molecule has 0 radical (unpaired) electrons. The number of ether oxygens (including phenoxy) is 6. The molecule has 0 bridgehead atoms. The van der Waals surface area contributed by atoms with Crippen LogP contribution in [-0.2, 0) is 9.47 Å². The number of methoxy groups -OCH3 is 4. The highest BCUT2D eigenvalue weighted by Gasteiger charge is 2.27. The largest absolute Gasteiger partial charge is 0.513 e. The molecule has 0 saturated carbocycles. The van der Waals surface area contributed by atoms with Gasteiger partial charge in [-0.1, -0.05) is 24.3 Å². The highest BCUT2D eigenvalue weighted by molar-refractivity contribution is 6.00. The Kier molecular flexibility index (Phi) is 5.31. The van der Waals surface area contributed by atoms with Gasteiger partial charge in [-0.15, -0.1) is 0 Å². The molecule has 0 N–H and O–H groups in total. The van der Waals surface area contributed by atoms with Crippen LogP contribution in [0.15, 0.2) is 24.3 Å². The molecular weight excluding hydrogens is 320 g/mol. The zero-order valence-electron chi connectivity index (χ0n) is 13.6. The summed E-state index contributed by atoms with van der Waals surface area (Å²) in [7, 11) is 5.09. The minimum absolute atomic E-state index is 0.0699. The van der Waals surface area contributed by atoms with Crippen molar-refractivity contribution < 1.29 is 38.0 Å². The van der Waals surface area contributed by atoms with Gasteiger partial charge in [-0.25, -0.2) is 9.59 Å². The van der Waals surface area contributed by atoms with Crippen LogP contribution in [-0.4, -0.2) is 40.7 Å². The number of carbonyl (C=O) groups excluding carboxylic acids is 2. The molecule has 0 aliphatic carbocycles. The Labute approximate surface area is 137 Å². The lowest BCUT2D eigenvalue weighted by Gasteiger charge is -2.18. The van der Waals surface area contributed by atoms with Gasteiger partial charge in [-0.2, -0.15) is 0 Å². The Morgan fingerprint density at radius 1 is 0.667 bits per heavy atom. The van der Waals surface area contributed by atoms with E-state index in [0.29, 0.717) is 10.8 Å². The summed E-state index contributed by atoms with van der Waals surface area (Å²) in [5, 5.41) is 0.916. The van der Waals surface area contributed by atoms with Crippen molar-refractivity contribution >= 4 is 23.1 Å². The zero-order valence-corrected chi connectivity index (χ0v) is 13.6. The first-order valence-corrected chi connectivity index (χ1v) is 6.75. The summed E-state index contributed by atoms with van der Waals surface area (Å²) in [6.45, 7) is 0. The molecule has 24 heavy (non-hydrogen) atoms. The molecule has 0 heterocycles. The van der Waals surface area contributed by atoms with E-state index >= 15 is 0 Å². The molecule has 8 heteroatoms. The summed E-state index contributed by atoms with van der Waals surface area (Å²) in [6.07, 6.45) is -1.86. The quantitative estimate of drug-likeness (QED) is 0.621. The van der Waals surface area contributed by atoms with Gasteiger partial charge in [-0.3, -0.25) is 0 Å². The highest BCUT2D eigenvalue weighted by Crippen LogP contribution is 2.51. The number of fused-ring (bicyclic) bond motifs is 1. The van der Waals surface area contributed by atoms with E-state index in [-0.39, 0.29) is 23.0 Å². The van der Waals surface area contributed by atoms with Gasteiger partial charge in [-0.05, 0) is 0 Å². The monoisotopic (exact) mass is 336 g/mol. The number of rotatable bonds is 4. The molecule has 0 saturated heterocycles. The predicted molar refractivity (Wildman–Crippen MR) is 83.1 cm³/mol. The lowest BCUT2D eigenvalue weighted by molar-refractivity contribution is 0.117. The first-order valence-electron chi connectivity index (χ1n) is 6.75. The molecule has 0 aromatic heterocycles. The Morgan fingerprint density at radius 2 is 1.04 bits per heavy atom. The van der Waals surface area contributed by atoms with Gasteiger partial charge in [0.05, 0.1) is 28.4 Å². The van der Waals surface area contributed by atoms with Crippen LogP contribution in [0.2, 0.25) is 0 Å². The predicted octanol–water partition coefficient (Wildman–Crippen LogP) is 3.15. The van der Waals surface area contributed by atoms with Gasteiger partial charge in [0.25, 0.3) is 0 Å². The van der Waals surface area contributed by atoms with E-state index in [1.807, 2.05) is 0 Å². The minimum atomic E-state index is -0.929. The van der Waals surface area contributed by atoms with Crippen molar-refractivity contribution in [1.29, 1.82) is 0 Å². The van der Waals surface area contributed by atoms with Gasteiger partial charge >= 0.3 is 12.3 Å². The van der Waals surface area contributed by atoms with Gasteiger partial charge in [0.2, 0.25) is 11.5 Å². The maximum absolute atomic E-state index is 11.6. The van der Waals surface area contributed by atoms with Crippen LogP contribution in [0.3, 0.4) is 0 Å². The van der Waals surface area contributed by atoms with Gasteiger partial charge in [0.1, 0.15) is 0 Å². The molecule has 2 rings (SSSR count). The SMILES string of the molecule is COC(=O)Oc1c(OC)c(OC)c(OC(=O)OC)c2ccccc12. The van der Waals surface area contributed by atoms with Crippen molar-refractivity contribution in [2.24, 2.45) is 0 Å². The number of hydrogen-bond donors (Lipinski definition) is 0. The second-order valence-electron chi connectivity index (χ2n) is 4.38. The first kappa shape index (κ1) is 17.2. The molecule has 0 amide bonds. The third kappa shape index (κ3) is 3.12. The highest BCUT2D eigenvalue weighted by atomic mass is 16.7. The summed E-state index contributed by atoms with van der Waals surface area (Å²) in [5.74, 6) is 0.295. The molecular formula is C16H16O8. The van der Waals surface area contributed by atoms with Gasteiger partial charge in [0.15, 0.2) is 11.5 Å². The Balaban J connectivity index is 2.80. The number of carbonyl (C=O) groups is 2. The van der Waals surface area contributed by atoms with Crippen molar-refractivity contribution in [3.05, 3.63) is 24.3 Å². The maximum Gasteiger partial charge on any atom is 0.513 e. The van der Waals surface area contributed by atoms with Crippen LogP contribution in [0, 0.1) is 0 Å². The van der Waals surface area contributed by atoms with E-state index in [2.05, 4.69) is 9.47 Å². The third-order valence-corrected chi connectivity index (χ3v) is 3.15.